The molecule has 7 heteroatoms. The van der Waals surface area contributed by atoms with Gasteiger partial charge < -0.3 is 25.8 Å². The van der Waals surface area contributed by atoms with E-state index in [1.54, 1.807) is 0 Å². The average molecular weight is 345 g/mol. The highest BCUT2D eigenvalue weighted by Gasteiger charge is 2.21. The van der Waals surface area contributed by atoms with Crippen molar-refractivity contribution < 1.29 is 19.1 Å². The van der Waals surface area contributed by atoms with Crippen molar-refractivity contribution in [2.75, 3.05) is 6.54 Å². The van der Waals surface area contributed by atoms with Gasteiger partial charge in [-0.15, -0.1) is 0 Å². The summed E-state index contributed by atoms with van der Waals surface area (Å²) in [5.41, 5.74) is 4.64. The van der Waals surface area contributed by atoms with Crippen molar-refractivity contribution in [3.8, 4) is 0 Å². The molecule has 0 aliphatic heterocycles. The van der Waals surface area contributed by atoms with Crippen molar-refractivity contribution in [2.45, 2.75) is 91.0 Å². The summed E-state index contributed by atoms with van der Waals surface area (Å²) in [4.78, 5) is 23.6. The molecule has 0 saturated carbocycles. The Morgan fingerprint density at radius 1 is 0.875 bits per heavy atom. The number of nitrogens with one attached hydrogen (secondary N) is 2. The Kier molecular flexibility index (Phi) is 9.11. The predicted molar refractivity (Wildman–Crippen MR) is 94.9 cm³/mol. The Bertz CT molecular complexity index is 362. The number of amides is 2. The highest BCUT2D eigenvalue weighted by molar-refractivity contribution is 5.68. The molecule has 0 aromatic rings. The van der Waals surface area contributed by atoms with Gasteiger partial charge in [0, 0.05) is 18.6 Å². The number of alkyl carbamates (subject to hydrolysis) is 2. The van der Waals surface area contributed by atoms with Crippen molar-refractivity contribution in [2.24, 2.45) is 5.73 Å². The van der Waals surface area contributed by atoms with E-state index in [2.05, 4.69) is 10.6 Å². The molecule has 2 amide bonds. The summed E-state index contributed by atoms with van der Waals surface area (Å²) < 4.78 is 10.5. The highest BCUT2D eigenvalue weighted by atomic mass is 16.6. The average Bonchev–Trinajstić information content (AvgIpc) is 2.37. The van der Waals surface area contributed by atoms with Crippen molar-refractivity contribution in [3.05, 3.63) is 0 Å². The maximum absolute atomic E-state index is 11.8. The Labute approximate surface area is 146 Å². The van der Waals surface area contributed by atoms with E-state index in [1.807, 2.05) is 48.5 Å². The fourth-order valence-corrected chi connectivity index (χ4v) is 1.98. The number of ether oxygens (including phenoxy) is 2. The lowest BCUT2D eigenvalue weighted by Gasteiger charge is -2.25. The second kappa shape index (κ2) is 9.71. The molecule has 7 nitrogen and oxygen atoms in total. The fourth-order valence-electron chi connectivity index (χ4n) is 1.98. The van der Waals surface area contributed by atoms with Crippen LogP contribution in [0.3, 0.4) is 0 Å². The first-order valence-corrected chi connectivity index (χ1v) is 8.55. The molecule has 0 aliphatic carbocycles. The van der Waals surface area contributed by atoms with Gasteiger partial charge in [0.25, 0.3) is 0 Å². The smallest absolute Gasteiger partial charge is 0.407 e. The third-order valence-corrected chi connectivity index (χ3v) is 3.08. The number of carbonyl (C=O) groups is 2. The van der Waals surface area contributed by atoms with Gasteiger partial charge in [-0.05, 0) is 60.8 Å². The zero-order valence-corrected chi connectivity index (χ0v) is 16.2. The molecule has 0 spiro atoms. The molecule has 24 heavy (non-hydrogen) atoms. The summed E-state index contributed by atoms with van der Waals surface area (Å²) in [5.74, 6) is 0. The molecular weight excluding hydrogens is 310 g/mol. The van der Waals surface area contributed by atoms with Crippen molar-refractivity contribution in [1.82, 2.24) is 10.6 Å². The first-order valence-electron chi connectivity index (χ1n) is 8.55. The van der Waals surface area contributed by atoms with Gasteiger partial charge in [0.15, 0.2) is 0 Å². The molecule has 0 heterocycles. The summed E-state index contributed by atoms with van der Waals surface area (Å²) in [6, 6.07) is -0.233. The van der Waals surface area contributed by atoms with Gasteiger partial charge in [-0.2, -0.15) is 0 Å². The van der Waals surface area contributed by atoms with Crippen LogP contribution in [-0.2, 0) is 9.47 Å². The molecule has 142 valence electrons. The third kappa shape index (κ3) is 12.0. The van der Waals surface area contributed by atoms with Gasteiger partial charge in [0.1, 0.15) is 11.2 Å². The standard InChI is InChI=1S/C17H35N3O4/c1-8-12(19-14(21)23-16(2,3)4)9-10-13(11-18)20-15(22)24-17(5,6)7/h12-13H,8-11,18H2,1-7H3,(H,19,21)(H,20,22)/t12?,13-/m0/s1. The van der Waals surface area contributed by atoms with Crippen LogP contribution >= 0.6 is 0 Å². The summed E-state index contributed by atoms with van der Waals surface area (Å²) >= 11 is 0. The van der Waals surface area contributed by atoms with E-state index in [9.17, 15) is 9.59 Å². The van der Waals surface area contributed by atoms with E-state index in [4.69, 9.17) is 15.2 Å². The zero-order chi connectivity index (χ0) is 19.0. The number of carbonyl (C=O) groups excluding carboxylic acids is 2. The Hall–Kier alpha value is -1.50. The van der Waals surface area contributed by atoms with Crippen LogP contribution in [0.15, 0.2) is 0 Å². The van der Waals surface area contributed by atoms with Crippen LogP contribution in [-0.4, -0.2) is 42.0 Å². The maximum atomic E-state index is 11.8. The van der Waals surface area contributed by atoms with Crippen LogP contribution in [0.1, 0.15) is 67.7 Å². The SMILES string of the molecule is CCC(CC[C@@H](CN)NC(=O)OC(C)(C)C)NC(=O)OC(C)(C)C. The van der Waals surface area contributed by atoms with Crippen LogP contribution in [0.4, 0.5) is 9.59 Å². The molecule has 4 N–H and O–H groups in total. The Morgan fingerprint density at radius 3 is 1.58 bits per heavy atom. The predicted octanol–water partition coefficient (Wildman–Crippen LogP) is 2.92. The molecular formula is C17H35N3O4. The summed E-state index contributed by atoms with van der Waals surface area (Å²) in [5, 5.41) is 5.61. The van der Waals surface area contributed by atoms with Crippen LogP contribution in [0, 0.1) is 0 Å². The topological polar surface area (TPSA) is 103 Å². The van der Waals surface area contributed by atoms with Crippen LogP contribution < -0.4 is 16.4 Å². The summed E-state index contributed by atoms with van der Waals surface area (Å²) in [7, 11) is 0. The van der Waals surface area contributed by atoms with Gasteiger partial charge in [-0.1, -0.05) is 6.92 Å². The first-order chi connectivity index (χ1) is 10.9. The third-order valence-electron chi connectivity index (χ3n) is 3.08. The van der Waals surface area contributed by atoms with Crippen LogP contribution in [0.2, 0.25) is 0 Å². The molecule has 0 radical (unpaired) electrons. The van der Waals surface area contributed by atoms with Crippen molar-refractivity contribution in [3.63, 3.8) is 0 Å². The summed E-state index contributed by atoms with van der Waals surface area (Å²) in [6.45, 7) is 13.2. The van der Waals surface area contributed by atoms with Crippen molar-refractivity contribution >= 4 is 12.2 Å². The minimum atomic E-state index is -0.548. The van der Waals surface area contributed by atoms with E-state index < -0.39 is 23.4 Å². The summed E-state index contributed by atoms with van der Waals surface area (Å²) in [6.07, 6.45) is 1.19. The normalized spacial score (nSPS) is 14.5. The molecule has 2 atom stereocenters. The molecule has 0 aromatic carbocycles. The van der Waals surface area contributed by atoms with Gasteiger partial charge in [0.2, 0.25) is 0 Å². The lowest BCUT2D eigenvalue weighted by molar-refractivity contribution is 0.0474. The quantitative estimate of drug-likeness (QED) is 0.658. The van der Waals surface area contributed by atoms with E-state index >= 15 is 0 Å². The molecule has 0 rings (SSSR count). The highest BCUT2D eigenvalue weighted by Crippen LogP contribution is 2.11. The number of nitrogens with two attached hydrogens (primary N) is 1. The lowest BCUT2D eigenvalue weighted by Crippen LogP contribution is -2.44. The first kappa shape index (κ1) is 22.5. The van der Waals surface area contributed by atoms with E-state index in [0.29, 0.717) is 19.4 Å². The molecule has 0 bridgehead atoms. The monoisotopic (exact) mass is 345 g/mol. The van der Waals surface area contributed by atoms with E-state index in [1.165, 1.54) is 0 Å². The molecule has 0 aliphatic rings. The van der Waals surface area contributed by atoms with E-state index in [0.717, 1.165) is 6.42 Å². The van der Waals surface area contributed by atoms with Crippen LogP contribution in [0.5, 0.6) is 0 Å². The second-order valence-corrected chi connectivity index (χ2v) is 7.91. The lowest BCUT2D eigenvalue weighted by atomic mass is 10.0. The van der Waals surface area contributed by atoms with Gasteiger partial charge in [-0.25, -0.2) is 9.59 Å². The minimum Gasteiger partial charge on any atom is -0.444 e. The molecule has 0 aromatic heterocycles. The maximum Gasteiger partial charge on any atom is 0.407 e. The van der Waals surface area contributed by atoms with Crippen molar-refractivity contribution in [1.29, 1.82) is 0 Å². The molecule has 0 fully saturated rings. The van der Waals surface area contributed by atoms with Gasteiger partial charge in [-0.3, -0.25) is 0 Å². The number of rotatable bonds is 7. The molecule has 1 unspecified atom stereocenters. The van der Waals surface area contributed by atoms with Gasteiger partial charge >= 0.3 is 12.2 Å². The Morgan fingerprint density at radius 2 is 1.25 bits per heavy atom. The van der Waals surface area contributed by atoms with Gasteiger partial charge in [0.05, 0.1) is 0 Å². The Balaban J connectivity index is 4.37. The minimum absolute atomic E-state index is 0.0330. The number of hydrogen-bond donors (Lipinski definition) is 3. The largest absolute Gasteiger partial charge is 0.444 e. The van der Waals surface area contributed by atoms with E-state index in [-0.39, 0.29) is 12.1 Å². The zero-order valence-electron chi connectivity index (χ0n) is 16.2. The second-order valence-electron chi connectivity index (χ2n) is 7.91. The molecule has 0 saturated heterocycles. The fraction of sp³-hybridized carbons (Fsp3) is 0.882. The van der Waals surface area contributed by atoms with Crippen LogP contribution in [0.25, 0.3) is 0 Å². The number of hydrogen-bond acceptors (Lipinski definition) is 5.